The van der Waals surface area contributed by atoms with E-state index >= 15 is 0 Å². The van der Waals surface area contributed by atoms with Gasteiger partial charge in [0.2, 0.25) is 5.91 Å². The van der Waals surface area contributed by atoms with Crippen LogP contribution in [-0.4, -0.2) is 65.2 Å². The van der Waals surface area contributed by atoms with E-state index in [4.69, 9.17) is 4.74 Å². The van der Waals surface area contributed by atoms with Gasteiger partial charge in [0, 0.05) is 44.3 Å². The highest BCUT2D eigenvalue weighted by Crippen LogP contribution is 2.21. The number of benzene rings is 1. The van der Waals surface area contributed by atoms with Gasteiger partial charge < -0.3 is 9.64 Å². The van der Waals surface area contributed by atoms with Crippen molar-refractivity contribution >= 4 is 5.91 Å². The van der Waals surface area contributed by atoms with Crippen LogP contribution in [0.1, 0.15) is 20.8 Å². The lowest BCUT2D eigenvalue weighted by atomic mass is 9.94. The molecule has 0 saturated carbocycles. The number of aromatic nitrogens is 2. The molecule has 1 N–H and O–H groups in total. The van der Waals surface area contributed by atoms with E-state index in [0.29, 0.717) is 6.61 Å². The van der Waals surface area contributed by atoms with Crippen LogP contribution in [-0.2, 0) is 4.79 Å². The second-order valence-electron chi connectivity index (χ2n) is 7.73. The first kappa shape index (κ1) is 18.5. The summed E-state index contributed by atoms with van der Waals surface area (Å²) < 4.78 is 5.86. The first-order valence-electron chi connectivity index (χ1n) is 9.18. The van der Waals surface area contributed by atoms with E-state index in [-0.39, 0.29) is 11.3 Å². The van der Waals surface area contributed by atoms with E-state index in [2.05, 4.69) is 15.1 Å². The predicted molar refractivity (Wildman–Crippen MR) is 102 cm³/mol. The summed E-state index contributed by atoms with van der Waals surface area (Å²) >= 11 is 0. The first-order chi connectivity index (χ1) is 12.4. The Morgan fingerprint density at radius 2 is 1.81 bits per heavy atom. The average molecular weight is 356 g/mol. The van der Waals surface area contributed by atoms with Crippen LogP contribution in [0.2, 0.25) is 0 Å². The molecule has 1 amide bonds. The standard InChI is InChI=1S/C20H28N4O2/c1-20(2,3)19(25)24-12-10-23(11-13-24)14-15-26-17-6-4-16(5-7-17)18-8-9-21-22-18/h4-9H,10-15H2,1-3H3,(H,21,22). The van der Waals surface area contributed by atoms with Crippen molar-refractivity contribution in [2.75, 3.05) is 39.3 Å². The summed E-state index contributed by atoms with van der Waals surface area (Å²) in [5.41, 5.74) is 1.79. The van der Waals surface area contributed by atoms with Gasteiger partial charge in [0.05, 0.1) is 5.69 Å². The fraction of sp³-hybridized carbons (Fsp3) is 0.500. The maximum atomic E-state index is 12.3. The molecule has 6 heteroatoms. The molecule has 1 aromatic heterocycles. The molecule has 2 heterocycles. The SMILES string of the molecule is CC(C)(C)C(=O)N1CCN(CCOc2ccc(-c3ccn[nH]3)cc2)CC1. The summed E-state index contributed by atoms with van der Waals surface area (Å²) in [5.74, 6) is 1.11. The number of nitrogens with zero attached hydrogens (tertiary/aromatic N) is 3. The van der Waals surface area contributed by atoms with E-state index in [0.717, 1.165) is 49.7 Å². The molecule has 0 radical (unpaired) electrons. The molecule has 2 aromatic rings. The van der Waals surface area contributed by atoms with Crippen LogP contribution in [0.15, 0.2) is 36.5 Å². The molecular formula is C20H28N4O2. The number of piperazine rings is 1. The Morgan fingerprint density at radius 3 is 2.38 bits per heavy atom. The number of carbonyl (C=O) groups is 1. The third kappa shape index (κ3) is 4.64. The molecule has 26 heavy (non-hydrogen) atoms. The third-order valence-electron chi connectivity index (χ3n) is 4.64. The summed E-state index contributed by atoms with van der Waals surface area (Å²) in [5, 5.41) is 6.92. The topological polar surface area (TPSA) is 61.5 Å². The largest absolute Gasteiger partial charge is 0.492 e. The molecule has 6 nitrogen and oxygen atoms in total. The molecule has 0 unspecified atom stereocenters. The average Bonchev–Trinajstić information content (AvgIpc) is 3.16. The summed E-state index contributed by atoms with van der Waals surface area (Å²) in [4.78, 5) is 16.6. The van der Waals surface area contributed by atoms with E-state index in [1.54, 1.807) is 6.20 Å². The minimum absolute atomic E-state index is 0.241. The molecule has 0 spiro atoms. The Kier molecular flexibility index (Phi) is 5.61. The van der Waals surface area contributed by atoms with Crippen LogP contribution in [0.25, 0.3) is 11.3 Å². The van der Waals surface area contributed by atoms with Crippen LogP contribution in [0.5, 0.6) is 5.75 Å². The number of amides is 1. The lowest BCUT2D eigenvalue weighted by Gasteiger charge is -2.37. The fourth-order valence-corrected chi connectivity index (χ4v) is 3.09. The second-order valence-corrected chi connectivity index (χ2v) is 7.73. The van der Waals surface area contributed by atoms with Gasteiger partial charge in [0.15, 0.2) is 0 Å². The summed E-state index contributed by atoms with van der Waals surface area (Å²) in [6.07, 6.45) is 1.74. The Labute approximate surface area is 155 Å². The summed E-state index contributed by atoms with van der Waals surface area (Å²) in [6.45, 7) is 10.9. The van der Waals surface area contributed by atoms with E-state index in [1.807, 2.05) is 56.0 Å². The molecule has 1 saturated heterocycles. The van der Waals surface area contributed by atoms with E-state index < -0.39 is 0 Å². The van der Waals surface area contributed by atoms with E-state index in [1.165, 1.54) is 0 Å². The van der Waals surface area contributed by atoms with Crippen molar-refractivity contribution in [1.82, 2.24) is 20.0 Å². The van der Waals surface area contributed by atoms with Crippen molar-refractivity contribution < 1.29 is 9.53 Å². The van der Waals surface area contributed by atoms with Crippen LogP contribution < -0.4 is 4.74 Å². The number of carbonyl (C=O) groups excluding carboxylic acids is 1. The molecule has 3 rings (SSSR count). The smallest absolute Gasteiger partial charge is 0.228 e. The van der Waals surface area contributed by atoms with Crippen molar-refractivity contribution in [3.63, 3.8) is 0 Å². The highest BCUT2D eigenvalue weighted by atomic mass is 16.5. The Balaban J connectivity index is 1.40. The minimum atomic E-state index is -0.298. The molecule has 1 aliphatic heterocycles. The van der Waals surface area contributed by atoms with E-state index in [9.17, 15) is 4.79 Å². The number of aromatic amines is 1. The first-order valence-corrected chi connectivity index (χ1v) is 9.18. The highest BCUT2D eigenvalue weighted by Gasteiger charge is 2.29. The Morgan fingerprint density at radius 1 is 1.12 bits per heavy atom. The molecule has 140 valence electrons. The van der Waals surface area contributed by atoms with Crippen LogP contribution in [0.4, 0.5) is 0 Å². The quantitative estimate of drug-likeness (QED) is 0.895. The monoisotopic (exact) mass is 356 g/mol. The predicted octanol–water partition coefficient (Wildman–Crippen LogP) is 2.65. The second kappa shape index (κ2) is 7.91. The number of nitrogens with one attached hydrogen (secondary N) is 1. The number of H-pyrrole nitrogens is 1. The van der Waals surface area contributed by atoms with Gasteiger partial charge in [0.1, 0.15) is 12.4 Å². The van der Waals surface area contributed by atoms with Crippen LogP contribution >= 0.6 is 0 Å². The van der Waals surface area contributed by atoms with Gasteiger partial charge in [-0.25, -0.2) is 0 Å². The number of hydrogen-bond acceptors (Lipinski definition) is 4. The van der Waals surface area contributed by atoms with Gasteiger partial charge in [-0.05, 0) is 35.9 Å². The number of rotatable bonds is 5. The van der Waals surface area contributed by atoms with Crippen molar-refractivity contribution in [3.8, 4) is 17.0 Å². The number of ether oxygens (including phenoxy) is 1. The van der Waals surface area contributed by atoms with Crippen LogP contribution in [0, 0.1) is 5.41 Å². The van der Waals surface area contributed by atoms with Crippen molar-refractivity contribution in [1.29, 1.82) is 0 Å². The molecule has 0 bridgehead atoms. The molecule has 0 atom stereocenters. The highest BCUT2D eigenvalue weighted by molar-refractivity contribution is 5.81. The van der Waals surface area contributed by atoms with Crippen molar-refractivity contribution in [2.24, 2.45) is 5.41 Å². The zero-order valence-corrected chi connectivity index (χ0v) is 15.9. The lowest BCUT2D eigenvalue weighted by molar-refractivity contribution is -0.141. The molecule has 1 fully saturated rings. The summed E-state index contributed by atoms with van der Waals surface area (Å²) in [7, 11) is 0. The van der Waals surface area contributed by atoms with Crippen molar-refractivity contribution in [3.05, 3.63) is 36.5 Å². The Hall–Kier alpha value is -2.34. The fourth-order valence-electron chi connectivity index (χ4n) is 3.09. The third-order valence-corrected chi connectivity index (χ3v) is 4.64. The van der Waals surface area contributed by atoms with Crippen LogP contribution in [0.3, 0.4) is 0 Å². The normalized spacial score (nSPS) is 15.9. The molecular weight excluding hydrogens is 328 g/mol. The van der Waals surface area contributed by atoms with Gasteiger partial charge in [-0.1, -0.05) is 20.8 Å². The molecule has 1 aliphatic rings. The van der Waals surface area contributed by atoms with Gasteiger partial charge in [-0.2, -0.15) is 5.10 Å². The maximum Gasteiger partial charge on any atom is 0.228 e. The zero-order valence-electron chi connectivity index (χ0n) is 15.9. The zero-order chi connectivity index (χ0) is 18.6. The lowest BCUT2D eigenvalue weighted by Crippen LogP contribution is -2.52. The van der Waals surface area contributed by atoms with Gasteiger partial charge in [-0.15, -0.1) is 0 Å². The Bertz CT molecular complexity index is 696. The molecule has 0 aliphatic carbocycles. The maximum absolute atomic E-state index is 12.3. The van der Waals surface area contributed by atoms with Gasteiger partial charge in [-0.3, -0.25) is 14.8 Å². The number of hydrogen-bond donors (Lipinski definition) is 1. The minimum Gasteiger partial charge on any atom is -0.492 e. The summed E-state index contributed by atoms with van der Waals surface area (Å²) in [6, 6.07) is 9.96. The van der Waals surface area contributed by atoms with Gasteiger partial charge >= 0.3 is 0 Å². The van der Waals surface area contributed by atoms with Gasteiger partial charge in [0.25, 0.3) is 0 Å². The molecule has 1 aromatic carbocycles. The van der Waals surface area contributed by atoms with Crippen molar-refractivity contribution in [2.45, 2.75) is 20.8 Å².